The highest BCUT2D eigenvalue weighted by molar-refractivity contribution is 9.18. The third kappa shape index (κ3) is 3.89. The first kappa shape index (κ1) is 5.89. The normalized spacial score (nSPS) is 7.50. The van der Waals surface area contributed by atoms with Gasteiger partial charge in [0.25, 0.3) is 0 Å². The fraction of sp³-hybridized carbons (Fsp3) is 0.250. The van der Waals surface area contributed by atoms with Crippen LogP contribution in [0.2, 0.25) is 0 Å². The average Bonchev–Trinajstić information content (AvgIpc) is 1.35. The van der Waals surface area contributed by atoms with E-state index < -0.39 is 0 Å². The van der Waals surface area contributed by atoms with Gasteiger partial charge in [-0.1, -0.05) is 6.08 Å². The monoisotopic (exact) mass is 148 g/mol. The standard InChI is InChI=1S/C4H5BrO/c1-2-3-4(5)6/h2H,1,3H2. The van der Waals surface area contributed by atoms with Crippen molar-refractivity contribution in [2.75, 3.05) is 0 Å². The van der Waals surface area contributed by atoms with Crippen LogP contribution in [0.5, 0.6) is 0 Å². The summed E-state index contributed by atoms with van der Waals surface area (Å²) in [5, 5.41) is 0. The lowest BCUT2D eigenvalue weighted by Crippen LogP contribution is -1.75. The van der Waals surface area contributed by atoms with Gasteiger partial charge in [-0.05, 0) is 15.9 Å². The molecule has 0 radical (unpaired) electrons. The molecule has 2 heteroatoms. The van der Waals surface area contributed by atoms with Crippen LogP contribution in [0.1, 0.15) is 6.42 Å². The van der Waals surface area contributed by atoms with Crippen molar-refractivity contribution in [3.8, 4) is 0 Å². The minimum absolute atomic E-state index is 0.0162. The minimum atomic E-state index is -0.0162. The lowest BCUT2D eigenvalue weighted by molar-refractivity contribution is -0.109. The van der Waals surface area contributed by atoms with E-state index in [2.05, 4.69) is 22.5 Å². The predicted octanol–water partition coefficient (Wildman–Crippen LogP) is 1.48. The Morgan fingerprint density at radius 3 is 2.50 bits per heavy atom. The largest absolute Gasteiger partial charge is 0.286 e. The van der Waals surface area contributed by atoms with Crippen LogP contribution in [-0.2, 0) is 4.79 Å². The third-order valence-corrected chi connectivity index (χ3v) is 0.629. The van der Waals surface area contributed by atoms with E-state index in [1.165, 1.54) is 0 Å². The van der Waals surface area contributed by atoms with Crippen molar-refractivity contribution in [3.63, 3.8) is 0 Å². The number of carbonyl (C=O) groups excluding carboxylic acids is 1. The fourth-order valence-corrected chi connectivity index (χ4v) is 0.342. The highest BCUT2D eigenvalue weighted by Crippen LogP contribution is 1.89. The number of hydrogen-bond donors (Lipinski definition) is 0. The van der Waals surface area contributed by atoms with Gasteiger partial charge in [-0.3, -0.25) is 4.79 Å². The molecule has 1 nitrogen and oxygen atoms in total. The molecule has 0 amide bonds. The molecule has 0 heterocycles. The third-order valence-electron chi connectivity index (χ3n) is 0.305. The Hall–Kier alpha value is -0.110. The smallest absolute Gasteiger partial charge is 0.201 e. The van der Waals surface area contributed by atoms with Gasteiger partial charge in [0.1, 0.15) is 0 Å². The van der Waals surface area contributed by atoms with E-state index in [0.29, 0.717) is 6.42 Å². The molecule has 0 bridgehead atoms. The maximum absolute atomic E-state index is 9.89. The first-order valence-electron chi connectivity index (χ1n) is 1.56. The number of halogens is 1. The molecule has 0 aliphatic carbocycles. The molecular weight excluding hydrogens is 144 g/mol. The predicted molar refractivity (Wildman–Crippen MR) is 28.7 cm³/mol. The summed E-state index contributed by atoms with van der Waals surface area (Å²) in [5.74, 6) is 0. The van der Waals surface area contributed by atoms with Crippen molar-refractivity contribution in [1.29, 1.82) is 0 Å². The van der Waals surface area contributed by atoms with Crippen molar-refractivity contribution < 1.29 is 4.79 Å². The van der Waals surface area contributed by atoms with Gasteiger partial charge in [0.05, 0.1) is 0 Å². The molecule has 0 spiro atoms. The summed E-state index contributed by atoms with van der Waals surface area (Å²) < 4.78 is -0.0162. The highest BCUT2D eigenvalue weighted by Gasteiger charge is 1.83. The van der Waals surface area contributed by atoms with E-state index in [9.17, 15) is 4.79 Å². The number of allylic oxidation sites excluding steroid dienone is 1. The molecule has 0 saturated carbocycles. The quantitative estimate of drug-likeness (QED) is 0.429. The van der Waals surface area contributed by atoms with Crippen LogP contribution in [0.3, 0.4) is 0 Å². The Balaban J connectivity index is 3.05. The molecule has 0 aromatic rings. The number of carbonyl (C=O) groups is 1. The molecule has 0 aliphatic rings. The zero-order chi connectivity index (χ0) is 4.99. The lowest BCUT2D eigenvalue weighted by Gasteiger charge is -1.72. The van der Waals surface area contributed by atoms with Crippen LogP contribution in [0.15, 0.2) is 12.7 Å². The Morgan fingerprint density at radius 2 is 2.50 bits per heavy atom. The van der Waals surface area contributed by atoms with E-state index in [1.807, 2.05) is 0 Å². The molecular formula is C4H5BrO. The van der Waals surface area contributed by atoms with Gasteiger partial charge in [0.2, 0.25) is 4.69 Å². The first-order valence-corrected chi connectivity index (χ1v) is 2.36. The maximum Gasteiger partial charge on any atom is 0.201 e. The number of hydrogen-bond acceptors (Lipinski definition) is 1. The zero-order valence-electron chi connectivity index (χ0n) is 3.28. The Kier molecular flexibility index (Phi) is 3.04. The van der Waals surface area contributed by atoms with Gasteiger partial charge in [0.15, 0.2) is 0 Å². The molecule has 0 aliphatic heterocycles. The second kappa shape index (κ2) is 3.09. The first-order chi connectivity index (χ1) is 2.77. The van der Waals surface area contributed by atoms with Crippen LogP contribution in [0, 0.1) is 0 Å². The number of rotatable bonds is 2. The van der Waals surface area contributed by atoms with E-state index in [1.54, 1.807) is 6.08 Å². The molecule has 0 saturated heterocycles. The molecule has 6 heavy (non-hydrogen) atoms. The van der Waals surface area contributed by atoms with Crippen LogP contribution in [0.25, 0.3) is 0 Å². The summed E-state index contributed by atoms with van der Waals surface area (Å²) in [6.07, 6.45) is 1.97. The van der Waals surface area contributed by atoms with Gasteiger partial charge in [-0.25, -0.2) is 0 Å². The SMILES string of the molecule is C=CCC(=O)Br. The second-order valence-electron chi connectivity index (χ2n) is 0.848. The average molecular weight is 149 g/mol. The van der Waals surface area contributed by atoms with Gasteiger partial charge in [-0.2, -0.15) is 0 Å². The van der Waals surface area contributed by atoms with Gasteiger partial charge >= 0.3 is 0 Å². The van der Waals surface area contributed by atoms with E-state index in [0.717, 1.165) is 0 Å². The molecule has 0 atom stereocenters. The van der Waals surface area contributed by atoms with Gasteiger partial charge in [-0.15, -0.1) is 6.58 Å². The van der Waals surface area contributed by atoms with Gasteiger partial charge < -0.3 is 0 Å². The maximum atomic E-state index is 9.89. The Labute approximate surface area is 45.2 Å². The van der Waals surface area contributed by atoms with Crippen molar-refractivity contribution >= 4 is 20.6 Å². The van der Waals surface area contributed by atoms with E-state index in [4.69, 9.17) is 0 Å². The summed E-state index contributed by atoms with van der Waals surface area (Å²) in [6, 6.07) is 0. The van der Waals surface area contributed by atoms with Crippen molar-refractivity contribution in [1.82, 2.24) is 0 Å². The molecule has 0 fully saturated rings. The van der Waals surface area contributed by atoms with Crippen LogP contribution >= 0.6 is 15.9 Å². The molecule has 0 rings (SSSR count). The summed E-state index contributed by atoms with van der Waals surface area (Å²) in [6.45, 7) is 3.35. The summed E-state index contributed by atoms with van der Waals surface area (Å²) in [5.41, 5.74) is 0. The van der Waals surface area contributed by atoms with Crippen LogP contribution in [-0.4, -0.2) is 4.69 Å². The van der Waals surface area contributed by atoms with E-state index in [-0.39, 0.29) is 4.69 Å². The van der Waals surface area contributed by atoms with Crippen molar-refractivity contribution in [2.24, 2.45) is 0 Å². The summed E-state index contributed by atoms with van der Waals surface area (Å²) in [4.78, 5) is 9.89. The fourth-order valence-electron chi connectivity index (χ4n) is 0.113. The second-order valence-corrected chi connectivity index (χ2v) is 1.73. The highest BCUT2D eigenvalue weighted by atomic mass is 79.9. The van der Waals surface area contributed by atoms with Gasteiger partial charge in [0, 0.05) is 6.42 Å². The van der Waals surface area contributed by atoms with Crippen LogP contribution in [0.4, 0.5) is 0 Å². The molecule has 34 valence electrons. The molecule has 0 aromatic carbocycles. The summed E-state index contributed by atoms with van der Waals surface area (Å²) >= 11 is 2.72. The zero-order valence-corrected chi connectivity index (χ0v) is 4.86. The molecule has 0 aromatic heterocycles. The van der Waals surface area contributed by atoms with Crippen molar-refractivity contribution in [2.45, 2.75) is 6.42 Å². The minimum Gasteiger partial charge on any atom is -0.286 e. The Bertz CT molecular complexity index is 67.9. The van der Waals surface area contributed by atoms with Crippen LogP contribution < -0.4 is 0 Å². The topological polar surface area (TPSA) is 17.1 Å². The lowest BCUT2D eigenvalue weighted by atomic mass is 10.5. The van der Waals surface area contributed by atoms with E-state index >= 15 is 0 Å². The summed E-state index contributed by atoms with van der Waals surface area (Å²) in [7, 11) is 0. The van der Waals surface area contributed by atoms with Crippen molar-refractivity contribution in [3.05, 3.63) is 12.7 Å². The Morgan fingerprint density at radius 1 is 2.00 bits per heavy atom. The molecule has 0 unspecified atom stereocenters. The molecule has 0 N–H and O–H groups in total.